The molecule has 0 spiro atoms. The maximum absolute atomic E-state index is 11.7. The lowest BCUT2D eigenvalue weighted by molar-refractivity contribution is 0.0367. The van der Waals surface area contributed by atoms with E-state index >= 15 is 0 Å². The second-order valence-electron chi connectivity index (χ2n) is 5.10. The van der Waals surface area contributed by atoms with Crippen LogP contribution in [0.4, 0.5) is 4.79 Å². The highest BCUT2D eigenvalue weighted by atomic mass is 35.5. The van der Waals surface area contributed by atoms with Gasteiger partial charge >= 0.3 is 6.03 Å². The Morgan fingerprint density at radius 1 is 1.41 bits per heavy atom. The number of urea groups is 1. The van der Waals surface area contributed by atoms with Crippen LogP contribution in [0.15, 0.2) is 41.1 Å². The molecule has 2 heterocycles. The molecule has 0 saturated carbocycles. The Morgan fingerprint density at radius 3 is 2.86 bits per heavy atom. The van der Waals surface area contributed by atoms with E-state index in [0.29, 0.717) is 23.9 Å². The molecule has 2 rings (SSSR count). The molecule has 2 aromatic heterocycles. The van der Waals surface area contributed by atoms with Crippen molar-refractivity contribution in [1.82, 2.24) is 15.6 Å². The number of aliphatic hydroxyl groups is 1. The van der Waals surface area contributed by atoms with Crippen LogP contribution in [0.1, 0.15) is 18.2 Å². The van der Waals surface area contributed by atoms with Gasteiger partial charge in [-0.2, -0.15) is 0 Å². The summed E-state index contributed by atoms with van der Waals surface area (Å²) in [5.41, 5.74) is -0.270. The van der Waals surface area contributed by atoms with E-state index in [1.54, 1.807) is 31.3 Å². The zero-order valence-corrected chi connectivity index (χ0v) is 12.9. The summed E-state index contributed by atoms with van der Waals surface area (Å²) < 4.78 is 5.14. The lowest BCUT2D eigenvalue weighted by Crippen LogP contribution is -2.43. The van der Waals surface area contributed by atoms with Gasteiger partial charge in [-0.05, 0) is 37.1 Å². The molecule has 6 nitrogen and oxygen atoms in total. The van der Waals surface area contributed by atoms with E-state index in [-0.39, 0.29) is 12.6 Å². The average molecular weight is 324 g/mol. The first-order valence-corrected chi connectivity index (χ1v) is 7.24. The second kappa shape index (κ2) is 7.29. The number of amides is 2. The molecular formula is C15H18ClN3O3. The molecular weight excluding hydrogens is 306 g/mol. The van der Waals surface area contributed by atoms with Gasteiger partial charge < -0.3 is 20.2 Å². The molecule has 118 valence electrons. The van der Waals surface area contributed by atoms with Crippen molar-refractivity contribution in [3.05, 3.63) is 53.2 Å². The van der Waals surface area contributed by atoms with Gasteiger partial charge in [-0.1, -0.05) is 17.7 Å². The summed E-state index contributed by atoms with van der Waals surface area (Å²) in [4.78, 5) is 15.7. The van der Waals surface area contributed by atoms with Crippen LogP contribution in [0.2, 0.25) is 5.15 Å². The topological polar surface area (TPSA) is 87.4 Å². The van der Waals surface area contributed by atoms with Crippen LogP contribution in [-0.4, -0.2) is 29.2 Å². The fraction of sp³-hybridized carbons (Fsp3) is 0.333. The van der Waals surface area contributed by atoms with Crippen LogP contribution in [0.3, 0.4) is 0 Å². The number of aromatic nitrogens is 1. The highest BCUT2D eigenvalue weighted by molar-refractivity contribution is 6.29. The molecule has 0 radical (unpaired) electrons. The molecule has 1 atom stereocenters. The van der Waals surface area contributed by atoms with Gasteiger partial charge in [0.05, 0.1) is 12.8 Å². The van der Waals surface area contributed by atoms with Crippen molar-refractivity contribution in [2.45, 2.75) is 18.9 Å². The molecule has 2 aromatic rings. The fourth-order valence-corrected chi connectivity index (χ4v) is 1.97. The SMILES string of the molecule is CC(O)(CNC(=O)NCCc1ccc(Cl)nc1)c1ccco1. The van der Waals surface area contributed by atoms with Crippen molar-refractivity contribution < 1.29 is 14.3 Å². The van der Waals surface area contributed by atoms with Crippen molar-refractivity contribution in [3.63, 3.8) is 0 Å². The van der Waals surface area contributed by atoms with E-state index in [2.05, 4.69) is 15.6 Å². The number of carbonyl (C=O) groups is 1. The van der Waals surface area contributed by atoms with Gasteiger partial charge in [-0.25, -0.2) is 9.78 Å². The van der Waals surface area contributed by atoms with Gasteiger partial charge in [0.2, 0.25) is 0 Å². The van der Waals surface area contributed by atoms with E-state index < -0.39 is 5.60 Å². The van der Waals surface area contributed by atoms with Crippen LogP contribution in [0, 0.1) is 0 Å². The average Bonchev–Trinajstić information content (AvgIpc) is 3.02. The summed E-state index contributed by atoms with van der Waals surface area (Å²) in [6.45, 7) is 2.08. The van der Waals surface area contributed by atoms with E-state index in [1.165, 1.54) is 6.26 Å². The van der Waals surface area contributed by atoms with E-state index in [9.17, 15) is 9.90 Å². The summed E-state index contributed by atoms with van der Waals surface area (Å²) in [6, 6.07) is 6.56. The minimum atomic E-state index is -1.25. The van der Waals surface area contributed by atoms with Gasteiger partial charge in [0.1, 0.15) is 16.5 Å². The van der Waals surface area contributed by atoms with Crippen molar-refractivity contribution in [2.75, 3.05) is 13.1 Å². The van der Waals surface area contributed by atoms with Crippen molar-refractivity contribution in [1.29, 1.82) is 0 Å². The number of rotatable bonds is 6. The van der Waals surface area contributed by atoms with E-state index in [0.717, 1.165) is 5.56 Å². The van der Waals surface area contributed by atoms with Gasteiger partial charge in [-0.3, -0.25) is 0 Å². The zero-order chi connectivity index (χ0) is 16.0. The third kappa shape index (κ3) is 4.75. The Labute approximate surface area is 133 Å². The first kappa shape index (κ1) is 16.3. The molecule has 3 N–H and O–H groups in total. The minimum Gasteiger partial charge on any atom is -0.466 e. The lowest BCUT2D eigenvalue weighted by atomic mass is 10.0. The summed E-state index contributed by atoms with van der Waals surface area (Å²) in [7, 11) is 0. The Kier molecular flexibility index (Phi) is 5.41. The van der Waals surface area contributed by atoms with Crippen LogP contribution in [0.25, 0.3) is 0 Å². The summed E-state index contributed by atoms with van der Waals surface area (Å²) in [6.07, 6.45) is 3.79. The van der Waals surface area contributed by atoms with Crippen LogP contribution < -0.4 is 10.6 Å². The van der Waals surface area contributed by atoms with Crippen molar-refractivity contribution in [2.24, 2.45) is 0 Å². The van der Waals surface area contributed by atoms with Gasteiger partial charge in [0.15, 0.2) is 0 Å². The highest BCUT2D eigenvalue weighted by Gasteiger charge is 2.26. The predicted molar refractivity (Wildman–Crippen MR) is 82.6 cm³/mol. The van der Waals surface area contributed by atoms with E-state index in [4.69, 9.17) is 16.0 Å². The van der Waals surface area contributed by atoms with E-state index in [1.807, 2.05) is 6.07 Å². The van der Waals surface area contributed by atoms with Crippen molar-refractivity contribution in [3.8, 4) is 0 Å². The number of hydrogen-bond donors (Lipinski definition) is 3. The van der Waals surface area contributed by atoms with Gasteiger partial charge in [0, 0.05) is 12.7 Å². The van der Waals surface area contributed by atoms with Crippen molar-refractivity contribution >= 4 is 17.6 Å². The maximum Gasteiger partial charge on any atom is 0.314 e. The first-order chi connectivity index (χ1) is 10.5. The Bertz CT molecular complexity index is 597. The molecule has 0 aliphatic rings. The largest absolute Gasteiger partial charge is 0.466 e. The molecule has 0 saturated heterocycles. The predicted octanol–water partition coefficient (Wildman–Crippen LogP) is 2.08. The molecule has 7 heteroatoms. The molecule has 0 bridgehead atoms. The molecule has 1 unspecified atom stereocenters. The number of halogens is 1. The van der Waals surface area contributed by atoms with Crippen LogP contribution in [-0.2, 0) is 12.0 Å². The summed E-state index contributed by atoms with van der Waals surface area (Å²) in [5.74, 6) is 0.403. The monoisotopic (exact) mass is 323 g/mol. The third-order valence-electron chi connectivity index (χ3n) is 3.13. The second-order valence-corrected chi connectivity index (χ2v) is 5.49. The third-order valence-corrected chi connectivity index (χ3v) is 3.36. The highest BCUT2D eigenvalue weighted by Crippen LogP contribution is 2.19. The minimum absolute atomic E-state index is 0.0504. The molecule has 0 aromatic carbocycles. The zero-order valence-electron chi connectivity index (χ0n) is 12.2. The maximum atomic E-state index is 11.7. The normalized spacial score (nSPS) is 13.4. The standard InChI is InChI=1S/C15H18ClN3O3/c1-15(21,12-3-2-8-22-12)10-19-14(20)17-7-6-11-4-5-13(16)18-9-11/h2-5,8-9,21H,6-7,10H2,1H3,(H2,17,19,20). The van der Waals surface area contributed by atoms with Crippen LogP contribution in [0.5, 0.6) is 0 Å². The number of hydrogen-bond acceptors (Lipinski definition) is 4. The van der Waals surface area contributed by atoms with Gasteiger partial charge in [-0.15, -0.1) is 0 Å². The van der Waals surface area contributed by atoms with Gasteiger partial charge in [0.25, 0.3) is 0 Å². The first-order valence-electron chi connectivity index (χ1n) is 6.86. The quantitative estimate of drug-likeness (QED) is 0.710. The van der Waals surface area contributed by atoms with Crippen LogP contribution >= 0.6 is 11.6 Å². The lowest BCUT2D eigenvalue weighted by Gasteiger charge is -2.21. The smallest absolute Gasteiger partial charge is 0.314 e. The fourth-order valence-electron chi connectivity index (χ4n) is 1.86. The number of nitrogens with one attached hydrogen (secondary N) is 2. The Morgan fingerprint density at radius 2 is 2.23 bits per heavy atom. The number of carbonyl (C=O) groups excluding carboxylic acids is 1. The Hall–Kier alpha value is -2.05. The number of nitrogens with zero attached hydrogens (tertiary/aromatic N) is 1. The molecule has 0 aliphatic heterocycles. The molecule has 22 heavy (non-hydrogen) atoms. The summed E-state index contributed by atoms with van der Waals surface area (Å²) >= 11 is 5.70. The molecule has 0 fully saturated rings. The number of furan rings is 1. The molecule has 0 aliphatic carbocycles. The molecule has 2 amide bonds. The Balaban J connectivity index is 1.71. The number of pyridine rings is 1. The summed E-state index contributed by atoms with van der Waals surface area (Å²) in [5, 5.41) is 16.0.